The zero-order valence-corrected chi connectivity index (χ0v) is 21.1. The second-order valence-electron chi connectivity index (χ2n) is 7.99. The normalized spacial score (nSPS) is 14.6. The summed E-state index contributed by atoms with van der Waals surface area (Å²) in [5, 5.41) is 11.9. The SMILES string of the molecule is O=C(O)c1cccc(N2C(=O)/C(=C\c3c(OCc4ccc(Cl)cc4)ccc4ccccc34)SC2=S)c1. The van der Waals surface area contributed by atoms with Gasteiger partial charge in [0, 0.05) is 10.6 Å². The lowest BCUT2D eigenvalue weighted by Gasteiger charge is -2.15. The monoisotopic (exact) mass is 531 g/mol. The Morgan fingerprint density at radius 1 is 1.03 bits per heavy atom. The topological polar surface area (TPSA) is 66.8 Å². The first kappa shape index (κ1) is 24.1. The molecule has 1 fully saturated rings. The number of carboxylic acid groups (broad SMARTS) is 1. The van der Waals surface area contributed by atoms with Crippen LogP contribution in [0.2, 0.25) is 5.02 Å². The molecule has 0 saturated carbocycles. The third kappa shape index (κ3) is 4.86. The minimum atomic E-state index is -1.07. The van der Waals surface area contributed by atoms with Crippen molar-refractivity contribution in [3.63, 3.8) is 0 Å². The average Bonchev–Trinajstić information content (AvgIpc) is 3.17. The van der Waals surface area contributed by atoms with Crippen molar-refractivity contribution in [2.45, 2.75) is 6.61 Å². The maximum Gasteiger partial charge on any atom is 0.335 e. The molecule has 36 heavy (non-hydrogen) atoms. The van der Waals surface area contributed by atoms with Crippen LogP contribution >= 0.6 is 35.6 Å². The predicted octanol–water partition coefficient (Wildman–Crippen LogP) is 7.18. The van der Waals surface area contributed by atoms with E-state index in [0.29, 0.717) is 32.3 Å². The number of ether oxygens (including phenoxy) is 1. The molecule has 0 radical (unpaired) electrons. The van der Waals surface area contributed by atoms with E-state index >= 15 is 0 Å². The molecule has 0 spiro atoms. The Morgan fingerprint density at radius 3 is 2.58 bits per heavy atom. The molecule has 8 heteroatoms. The molecule has 1 aliphatic rings. The number of thiocarbonyl (C=S) groups is 1. The number of carbonyl (C=O) groups is 2. The van der Waals surface area contributed by atoms with Crippen molar-refractivity contribution >= 4 is 74.3 Å². The number of anilines is 1. The quantitative estimate of drug-likeness (QED) is 0.210. The number of nitrogens with zero attached hydrogens (tertiary/aromatic N) is 1. The highest BCUT2D eigenvalue weighted by Crippen LogP contribution is 2.39. The minimum absolute atomic E-state index is 0.0810. The maximum absolute atomic E-state index is 13.4. The van der Waals surface area contributed by atoms with E-state index in [4.69, 9.17) is 28.6 Å². The lowest BCUT2D eigenvalue weighted by molar-refractivity contribution is -0.113. The molecule has 4 aromatic carbocycles. The van der Waals surface area contributed by atoms with Gasteiger partial charge in [0.25, 0.3) is 5.91 Å². The third-order valence-electron chi connectivity index (χ3n) is 5.66. The first-order valence-electron chi connectivity index (χ1n) is 10.9. The summed E-state index contributed by atoms with van der Waals surface area (Å²) in [5.74, 6) is -0.762. The highest BCUT2D eigenvalue weighted by Gasteiger charge is 2.34. The zero-order valence-electron chi connectivity index (χ0n) is 18.7. The Labute approximate surface area is 221 Å². The van der Waals surface area contributed by atoms with E-state index in [1.54, 1.807) is 18.2 Å². The van der Waals surface area contributed by atoms with E-state index in [0.717, 1.165) is 21.9 Å². The van der Waals surface area contributed by atoms with Gasteiger partial charge in [-0.2, -0.15) is 0 Å². The zero-order chi connectivity index (χ0) is 25.2. The molecule has 1 N–H and O–H groups in total. The van der Waals surface area contributed by atoms with Crippen molar-refractivity contribution in [2.24, 2.45) is 0 Å². The smallest absolute Gasteiger partial charge is 0.335 e. The summed E-state index contributed by atoms with van der Waals surface area (Å²) >= 11 is 12.7. The number of thioether (sulfide) groups is 1. The number of aromatic carboxylic acids is 1. The van der Waals surface area contributed by atoms with E-state index in [1.165, 1.54) is 28.8 Å². The lowest BCUT2D eigenvalue weighted by atomic mass is 10.0. The van der Waals surface area contributed by atoms with Crippen LogP contribution in [0.25, 0.3) is 16.8 Å². The summed E-state index contributed by atoms with van der Waals surface area (Å²) in [6.45, 7) is 0.333. The fourth-order valence-corrected chi connectivity index (χ4v) is 5.30. The largest absolute Gasteiger partial charge is 0.488 e. The van der Waals surface area contributed by atoms with Crippen LogP contribution in [0.4, 0.5) is 5.69 Å². The molecule has 1 aliphatic heterocycles. The number of hydrogen-bond acceptors (Lipinski definition) is 5. The van der Waals surface area contributed by atoms with Crippen LogP contribution in [0.15, 0.2) is 89.8 Å². The van der Waals surface area contributed by atoms with E-state index in [2.05, 4.69) is 0 Å². The molecule has 0 aliphatic carbocycles. The van der Waals surface area contributed by atoms with Crippen LogP contribution in [0, 0.1) is 0 Å². The molecule has 1 heterocycles. The summed E-state index contributed by atoms with van der Waals surface area (Å²) < 4.78 is 6.51. The number of carbonyl (C=O) groups excluding carboxylic acids is 1. The van der Waals surface area contributed by atoms with Crippen molar-refractivity contribution < 1.29 is 19.4 Å². The van der Waals surface area contributed by atoms with Crippen LogP contribution in [0.3, 0.4) is 0 Å². The number of halogens is 1. The number of fused-ring (bicyclic) bond motifs is 1. The Hall–Kier alpha value is -3.65. The fourth-order valence-electron chi connectivity index (χ4n) is 3.89. The van der Waals surface area contributed by atoms with Crippen LogP contribution in [0.1, 0.15) is 21.5 Å². The number of carboxylic acids is 1. The molecule has 178 valence electrons. The van der Waals surface area contributed by atoms with Crippen molar-refractivity contribution in [1.29, 1.82) is 0 Å². The van der Waals surface area contributed by atoms with Gasteiger partial charge < -0.3 is 9.84 Å². The standard InChI is InChI=1S/C28H18ClNO4S2/c29-20-11-8-17(9-12-20)16-34-24-13-10-18-4-1-2-7-22(18)23(24)15-25-26(31)30(28(35)36-25)21-6-3-5-19(14-21)27(32)33/h1-15H,16H2,(H,32,33)/b25-15+. The Kier molecular flexibility index (Phi) is 6.78. The molecule has 5 nitrogen and oxygen atoms in total. The molecule has 0 atom stereocenters. The van der Waals surface area contributed by atoms with Crippen LogP contribution in [-0.4, -0.2) is 21.3 Å². The maximum atomic E-state index is 13.4. The molecule has 0 unspecified atom stereocenters. The summed E-state index contributed by atoms with van der Waals surface area (Å²) in [6, 6.07) is 25.3. The molecular formula is C28H18ClNO4S2. The minimum Gasteiger partial charge on any atom is -0.488 e. The van der Waals surface area contributed by atoms with E-state index in [9.17, 15) is 14.7 Å². The molecule has 4 aromatic rings. The molecule has 0 aromatic heterocycles. The van der Waals surface area contributed by atoms with Gasteiger partial charge >= 0.3 is 5.97 Å². The van der Waals surface area contributed by atoms with Crippen molar-refractivity contribution in [2.75, 3.05) is 4.90 Å². The number of benzene rings is 4. The molecular weight excluding hydrogens is 514 g/mol. The van der Waals surface area contributed by atoms with Crippen molar-refractivity contribution in [1.82, 2.24) is 0 Å². The van der Waals surface area contributed by atoms with Crippen LogP contribution in [-0.2, 0) is 11.4 Å². The van der Waals surface area contributed by atoms with E-state index < -0.39 is 5.97 Å². The number of amides is 1. The van der Waals surface area contributed by atoms with Crippen LogP contribution < -0.4 is 9.64 Å². The third-order valence-corrected chi connectivity index (χ3v) is 7.21. The van der Waals surface area contributed by atoms with Gasteiger partial charge in [-0.25, -0.2) is 4.79 Å². The van der Waals surface area contributed by atoms with Crippen molar-refractivity contribution in [3.05, 3.63) is 112 Å². The highest BCUT2D eigenvalue weighted by atomic mass is 35.5. The van der Waals surface area contributed by atoms with Gasteiger partial charge in [0.05, 0.1) is 16.2 Å². The lowest BCUT2D eigenvalue weighted by Crippen LogP contribution is -2.27. The molecule has 5 rings (SSSR count). The number of rotatable bonds is 6. The predicted molar refractivity (Wildman–Crippen MR) is 149 cm³/mol. The van der Waals surface area contributed by atoms with Crippen molar-refractivity contribution in [3.8, 4) is 5.75 Å². The Bertz CT molecular complexity index is 1550. The molecule has 1 amide bonds. The van der Waals surface area contributed by atoms with Gasteiger partial charge in [-0.1, -0.05) is 84.1 Å². The first-order valence-corrected chi connectivity index (χ1v) is 12.5. The van der Waals surface area contributed by atoms with Gasteiger partial charge in [-0.15, -0.1) is 0 Å². The van der Waals surface area contributed by atoms with E-state index in [1.807, 2.05) is 60.7 Å². The first-order chi connectivity index (χ1) is 17.4. The van der Waals surface area contributed by atoms with Gasteiger partial charge in [0.15, 0.2) is 4.32 Å². The van der Waals surface area contributed by atoms with Crippen LogP contribution in [0.5, 0.6) is 5.75 Å². The van der Waals surface area contributed by atoms with Gasteiger partial charge in [0.1, 0.15) is 12.4 Å². The van der Waals surface area contributed by atoms with Gasteiger partial charge in [0.2, 0.25) is 0 Å². The summed E-state index contributed by atoms with van der Waals surface area (Å²) in [4.78, 5) is 26.6. The summed E-state index contributed by atoms with van der Waals surface area (Å²) in [7, 11) is 0. The Morgan fingerprint density at radius 2 is 1.81 bits per heavy atom. The summed E-state index contributed by atoms with van der Waals surface area (Å²) in [6.07, 6.45) is 1.79. The average molecular weight is 532 g/mol. The fraction of sp³-hybridized carbons (Fsp3) is 0.0357. The molecule has 0 bridgehead atoms. The number of hydrogen-bond donors (Lipinski definition) is 1. The molecule has 1 saturated heterocycles. The summed E-state index contributed by atoms with van der Waals surface area (Å²) in [5.41, 5.74) is 2.22. The van der Waals surface area contributed by atoms with E-state index in [-0.39, 0.29) is 11.5 Å². The second kappa shape index (κ2) is 10.1. The van der Waals surface area contributed by atoms with Gasteiger partial charge in [-0.05, 0) is 58.8 Å². The van der Waals surface area contributed by atoms with Gasteiger partial charge in [-0.3, -0.25) is 9.69 Å². The second-order valence-corrected chi connectivity index (χ2v) is 10.1. The Balaban J connectivity index is 1.52. The highest BCUT2D eigenvalue weighted by molar-refractivity contribution is 8.27.